The molecule has 4 heteroatoms. The third-order valence-corrected chi connectivity index (χ3v) is 4.88. The first-order valence-corrected chi connectivity index (χ1v) is 8.60. The third-order valence-electron chi connectivity index (χ3n) is 3.96. The van der Waals surface area contributed by atoms with Gasteiger partial charge in [0.15, 0.2) is 0 Å². The Bertz CT molecular complexity index is 518. The molecule has 114 valence electrons. The minimum Gasteiger partial charge on any atom is -0.340 e. The number of carbonyl (C=O) groups is 1. The van der Waals surface area contributed by atoms with Gasteiger partial charge in [0.05, 0.1) is 13.1 Å². The summed E-state index contributed by atoms with van der Waals surface area (Å²) in [6.07, 6.45) is 7.06. The van der Waals surface area contributed by atoms with E-state index in [0.29, 0.717) is 19.0 Å². The van der Waals surface area contributed by atoms with E-state index >= 15 is 0 Å². The summed E-state index contributed by atoms with van der Waals surface area (Å²) in [5, 5.41) is 2.03. The number of nitrogens with two attached hydrogens (primary N) is 1. The van der Waals surface area contributed by atoms with Crippen molar-refractivity contribution in [2.24, 2.45) is 11.7 Å². The van der Waals surface area contributed by atoms with Crippen molar-refractivity contribution in [2.45, 2.75) is 45.1 Å². The van der Waals surface area contributed by atoms with Crippen molar-refractivity contribution in [2.75, 3.05) is 13.6 Å². The maximum atomic E-state index is 12.5. The highest BCUT2D eigenvalue weighted by molar-refractivity contribution is 7.10. The molecule has 1 saturated carbocycles. The van der Waals surface area contributed by atoms with Crippen molar-refractivity contribution < 1.29 is 4.79 Å². The molecular weight excluding hydrogens is 280 g/mol. The number of hydrogen-bond acceptors (Lipinski definition) is 3. The van der Waals surface area contributed by atoms with E-state index in [1.54, 1.807) is 11.3 Å². The van der Waals surface area contributed by atoms with Crippen molar-refractivity contribution >= 4 is 17.2 Å². The lowest BCUT2D eigenvalue weighted by Crippen LogP contribution is -2.32. The minimum absolute atomic E-state index is 0.231. The minimum atomic E-state index is 0.231. The molecule has 1 heterocycles. The fourth-order valence-electron chi connectivity index (χ4n) is 2.83. The van der Waals surface area contributed by atoms with E-state index in [9.17, 15) is 4.79 Å². The van der Waals surface area contributed by atoms with Crippen LogP contribution in [-0.2, 0) is 11.3 Å². The van der Waals surface area contributed by atoms with Crippen molar-refractivity contribution in [1.82, 2.24) is 4.90 Å². The molecule has 2 N–H and O–H groups in total. The number of rotatable bonds is 3. The van der Waals surface area contributed by atoms with Crippen LogP contribution in [0.2, 0.25) is 0 Å². The van der Waals surface area contributed by atoms with Gasteiger partial charge in [0, 0.05) is 28.8 Å². The molecule has 1 amide bonds. The van der Waals surface area contributed by atoms with Crippen molar-refractivity contribution in [3.05, 3.63) is 21.9 Å². The largest absolute Gasteiger partial charge is 0.340 e. The predicted octanol–water partition coefficient (Wildman–Crippen LogP) is 2.99. The summed E-state index contributed by atoms with van der Waals surface area (Å²) < 4.78 is 0. The quantitative estimate of drug-likeness (QED) is 0.689. The zero-order chi connectivity index (χ0) is 15.1. The van der Waals surface area contributed by atoms with Crippen LogP contribution in [-0.4, -0.2) is 24.4 Å². The van der Waals surface area contributed by atoms with Gasteiger partial charge in [-0.2, -0.15) is 0 Å². The molecule has 0 aromatic carbocycles. The van der Waals surface area contributed by atoms with Crippen LogP contribution in [0.25, 0.3) is 0 Å². The van der Waals surface area contributed by atoms with Gasteiger partial charge in [0.1, 0.15) is 0 Å². The number of hydrogen-bond donors (Lipinski definition) is 1. The second-order valence-corrected chi connectivity index (χ2v) is 6.69. The molecule has 0 radical (unpaired) electrons. The fourth-order valence-corrected chi connectivity index (χ4v) is 3.70. The van der Waals surface area contributed by atoms with E-state index in [1.165, 1.54) is 30.6 Å². The maximum absolute atomic E-state index is 12.5. The molecule has 1 aliphatic rings. The summed E-state index contributed by atoms with van der Waals surface area (Å²) in [6, 6.07) is 2.06. The Morgan fingerprint density at radius 2 is 2.10 bits per heavy atom. The van der Waals surface area contributed by atoms with Crippen LogP contribution in [0.1, 0.15) is 49.0 Å². The molecule has 21 heavy (non-hydrogen) atoms. The Hall–Kier alpha value is -1.31. The predicted molar refractivity (Wildman–Crippen MR) is 87.9 cm³/mol. The number of thiophene rings is 1. The Balaban J connectivity index is 1.91. The van der Waals surface area contributed by atoms with Gasteiger partial charge >= 0.3 is 0 Å². The highest BCUT2D eigenvalue weighted by atomic mass is 32.1. The van der Waals surface area contributed by atoms with E-state index in [1.807, 2.05) is 17.3 Å². The van der Waals surface area contributed by atoms with Crippen LogP contribution >= 0.6 is 11.3 Å². The molecule has 3 nitrogen and oxygen atoms in total. The first-order valence-electron chi connectivity index (χ1n) is 7.72. The number of carbonyl (C=O) groups excluding carboxylic acids is 1. The van der Waals surface area contributed by atoms with Crippen LogP contribution in [0.15, 0.2) is 11.4 Å². The molecular formula is C17H24N2OS. The van der Waals surface area contributed by atoms with Gasteiger partial charge < -0.3 is 10.6 Å². The zero-order valence-corrected chi connectivity index (χ0v) is 13.5. The van der Waals surface area contributed by atoms with Gasteiger partial charge in [-0.15, -0.1) is 11.3 Å². The summed E-state index contributed by atoms with van der Waals surface area (Å²) in [7, 11) is 1.91. The van der Waals surface area contributed by atoms with Gasteiger partial charge in [-0.3, -0.25) is 4.79 Å². The Morgan fingerprint density at radius 1 is 1.38 bits per heavy atom. The highest BCUT2D eigenvalue weighted by Gasteiger charge is 2.23. The van der Waals surface area contributed by atoms with E-state index in [4.69, 9.17) is 5.73 Å². The smallest absolute Gasteiger partial charge is 0.225 e. The molecule has 1 fully saturated rings. The fraction of sp³-hybridized carbons (Fsp3) is 0.588. The molecule has 1 aromatic heterocycles. The van der Waals surface area contributed by atoms with Crippen LogP contribution in [0, 0.1) is 17.8 Å². The van der Waals surface area contributed by atoms with Crippen LogP contribution in [0.4, 0.5) is 0 Å². The normalized spacial score (nSPS) is 15.9. The van der Waals surface area contributed by atoms with Gasteiger partial charge in [-0.25, -0.2) is 0 Å². The summed E-state index contributed by atoms with van der Waals surface area (Å²) >= 11 is 1.66. The first kappa shape index (κ1) is 16.1. The lowest BCUT2D eigenvalue weighted by Gasteiger charge is -2.22. The lowest BCUT2D eigenvalue weighted by atomic mass is 9.99. The van der Waals surface area contributed by atoms with Gasteiger partial charge in [-0.05, 0) is 18.9 Å². The average molecular weight is 304 g/mol. The molecule has 1 aliphatic carbocycles. The van der Waals surface area contributed by atoms with Crippen molar-refractivity contribution in [1.29, 1.82) is 0 Å². The second-order valence-electron chi connectivity index (χ2n) is 5.69. The lowest BCUT2D eigenvalue weighted by molar-refractivity contribution is -0.135. The van der Waals surface area contributed by atoms with E-state index in [0.717, 1.165) is 18.4 Å². The van der Waals surface area contributed by atoms with Crippen molar-refractivity contribution in [3.63, 3.8) is 0 Å². The molecule has 0 aliphatic heterocycles. The van der Waals surface area contributed by atoms with E-state index in [-0.39, 0.29) is 5.92 Å². The molecule has 0 unspecified atom stereocenters. The molecule has 1 aromatic rings. The topological polar surface area (TPSA) is 46.3 Å². The van der Waals surface area contributed by atoms with Crippen molar-refractivity contribution in [3.8, 4) is 11.8 Å². The molecule has 0 bridgehead atoms. The van der Waals surface area contributed by atoms with E-state index < -0.39 is 0 Å². The number of nitrogens with zero attached hydrogens (tertiary/aromatic N) is 1. The summed E-state index contributed by atoms with van der Waals surface area (Å²) in [4.78, 5) is 15.6. The van der Waals surface area contributed by atoms with Crippen LogP contribution in [0.5, 0.6) is 0 Å². The monoisotopic (exact) mass is 304 g/mol. The standard InChI is InChI=1S/C17H24N2OS/c1-19(17(20)15-8-4-2-3-5-9-15)12-16-11-14(13-21-16)7-6-10-18/h11,13,15H,2-5,8-10,12,18H2,1H3. The van der Waals surface area contributed by atoms with Crippen LogP contribution < -0.4 is 5.73 Å². The van der Waals surface area contributed by atoms with Gasteiger partial charge in [0.2, 0.25) is 5.91 Å². The van der Waals surface area contributed by atoms with Gasteiger partial charge in [0.25, 0.3) is 0 Å². The first-order chi connectivity index (χ1) is 10.2. The summed E-state index contributed by atoms with van der Waals surface area (Å²) in [5.74, 6) is 6.42. The molecule has 0 atom stereocenters. The Labute approximate surface area is 131 Å². The number of amides is 1. The van der Waals surface area contributed by atoms with E-state index in [2.05, 4.69) is 17.9 Å². The summed E-state index contributed by atoms with van der Waals surface area (Å²) in [5.41, 5.74) is 6.37. The molecule has 0 spiro atoms. The van der Waals surface area contributed by atoms with Crippen LogP contribution in [0.3, 0.4) is 0 Å². The maximum Gasteiger partial charge on any atom is 0.225 e. The average Bonchev–Trinajstić information content (AvgIpc) is 2.75. The summed E-state index contributed by atoms with van der Waals surface area (Å²) in [6.45, 7) is 1.07. The van der Waals surface area contributed by atoms with Gasteiger partial charge in [-0.1, -0.05) is 37.5 Å². The highest BCUT2D eigenvalue weighted by Crippen LogP contribution is 2.25. The third kappa shape index (κ3) is 4.87. The SMILES string of the molecule is CN(Cc1cc(C#CCN)cs1)C(=O)C1CCCCCC1. The zero-order valence-electron chi connectivity index (χ0n) is 12.7. The Kier molecular flexibility index (Phi) is 6.28. The molecule has 0 saturated heterocycles. The molecule has 2 rings (SSSR count). The Morgan fingerprint density at radius 3 is 2.76 bits per heavy atom. The second kappa shape index (κ2) is 8.21.